The number of halogens is 1. The van der Waals surface area contributed by atoms with Crippen LogP contribution in [0.3, 0.4) is 0 Å². The molecule has 1 saturated heterocycles. The molecule has 1 aliphatic heterocycles. The van der Waals surface area contributed by atoms with Gasteiger partial charge in [0.1, 0.15) is 5.82 Å². The summed E-state index contributed by atoms with van der Waals surface area (Å²) in [6.45, 7) is 2.45. The summed E-state index contributed by atoms with van der Waals surface area (Å²) in [4.78, 5) is 16.2. The molecule has 1 aromatic carbocycles. The average molecular weight is 335 g/mol. The van der Waals surface area contributed by atoms with Crippen molar-refractivity contribution in [2.45, 2.75) is 37.2 Å². The van der Waals surface area contributed by atoms with Crippen LogP contribution in [-0.2, 0) is 10.5 Å². The standard InChI is InChI=1S/C16H18FN3O2S/c1-10-5-6-11(8-12(10)17)15-19-14(22-20-15)9-23-13-4-2-3-7-18-16(13)21/h5-6,8,13H,2-4,7,9H2,1H3,(H,18,21)/t13-/m1/s1. The lowest BCUT2D eigenvalue weighted by Crippen LogP contribution is -2.30. The van der Waals surface area contributed by atoms with Crippen molar-refractivity contribution in [1.29, 1.82) is 0 Å². The van der Waals surface area contributed by atoms with Crippen molar-refractivity contribution < 1.29 is 13.7 Å². The number of aryl methyl sites for hydroxylation is 1. The van der Waals surface area contributed by atoms with Crippen LogP contribution in [0.4, 0.5) is 4.39 Å². The maximum atomic E-state index is 13.6. The Hall–Kier alpha value is -1.89. The van der Waals surface area contributed by atoms with E-state index in [2.05, 4.69) is 15.5 Å². The number of amides is 1. The van der Waals surface area contributed by atoms with Crippen molar-refractivity contribution in [3.8, 4) is 11.4 Å². The summed E-state index contributed by atoms with van der Waals surface area (Å²) in [5.41, 5.74) is 1.16. The minimum absolute atomic E-state index is 0.0767. The molecule has 0 bridgehead atoms. The first-order valence-electron chi connectivity index (χ1n) is 7.62. The molecule has 1 atom stereocenters. The zero-order valence-electron chi connectivity index (χ0n) is 12.8. The Bertz CT molecular complexity index is 704. The molecule has 1 aliphatic rings. The summed E-state index contributed by atoms with van der Waals surface area (Å²) in [5, 5.41) is 6.72. The van der Waals surface area contributed by atoms with Crippen LogP contribution in [0.1, 0.15) is 30.7 Å². The number of nitrogens with one attached hydrogen (secondary N) is 1. The van der Waals surface area contributed by atoms with Crippen molar-refractivity contribution in [3.05, 3.63) is 35.5 Å². The van der Waals surface area contributed by atoms with Crippen molar-refractivity contribution in [3.63, 3.8) is 0 Å². The molecule has 1 fully saturated rings. The molecule has 122 valence electrons. The highest BCUT2D eigenvalue weighted by atomic mass is 32.2. The highest BCUT2D eigenvalue weighted by molar-refractivity contribution is 7.99. The fraction of sp³-hybridized carbons (Fsp3) is 0.438. The van der Waals surface area contributed by atoms with E-state index < -0.39 is 0 Å². The summed E-state index contributed by atoms with van der Waals surface area (Å²) in [7, 11) is 0. The second kappa shape index (κ2) is 7.12. The molecular weight excluding hydrogens is 317 g/mol. The molecule has 1 N–H and O–H groups in total. The lowest BCUT2D eigenvalue weighted by Gasteiger charge is -2.10. The molecule has 1 amide bonds. The summed E-state index contributed by atoms with van der Waals surface area (Å²) in [6.07, 6.45) is 2.92. The first kappa shape index (κ1) is 16.0. The minimum atomic E-state index is -0.293. The van der Waals surface area contributed by atoms with Gasteiger partial charge in [0, 0.05) is 12.1 Å². The zero-order valence-corrected chi connectivity index (χ0v) is 13.7. The summed E-state index contributed by atoms with van der Waals surface area (Å²) >= 11 is 1.50. The van der Waals surface area contributed by atoms with Crippen LogP contribution in [0.15, 0.2) is 22.7 Å². The number of rotatable bonds is 4. The Labute approximate surface area is 138 Å². The van der Waals surface area contributed by atoms with Crippen LogP contribution >= 0.6 is 11.8 Å². The van der Waals surface area contributed by atoms with E-state index in [1.54, 1.807) is 19.1 Å². The van der Waals surface area contributed by atoms with Crippen LogP contribution in [0.25, 0.3) is 11.4 Å². The van der Waals surface area contributed by atoms with E-state index in [0.717, 1.165) is 25.8 Å². The third kappa shape index (κ3) is 3.90. The van der Waals surface area contributed by atoms with Crippen molar-refractivity contribution in [1.82, 2.24) is 15.5 Å². The van der Waals surface area contributed by atoms with Crippen LogP contribution < -0.4 is 5.32 Å². The van der Waals surface area contributed by atoms with Crippen LogP contribution in [-0.4, -0.2) is 27.8 Å². The minimum Gasteiger partial charge on any atom is -0.355 e. The molecule has 5 nitrogen and oxygen atoms in total. The van der Waals surface area contributed by atoms with Gasteiger partial charge in [-0.15, -0.1) is 11.8 Å². The van der Waals surface area contributed by atoms with Crippen LogP contribution in [0.2, 0.25) is 0 Å². The Kier molecular flexibility index (Phi) is 4.95. The van der Waals surface area contributed by atoms with E-state index >= 15 is 0 Å². The van der Waals surface area contributed by atoms with Crippen LogP contribution in [0, 0.1) is 12.7 Å². The van der Waals surface area contributed by atoms with Gasteiger partial charge in [-0.1, -0.05) is 23.7 Å². The Morgan fingerprint density at radius 1 is 1.43 bits per heavy atom. The molecule has 1 aromatic heterocycles. The summed E-state index contributed by atoms with van der Waals surface area (Å²) in [5.74, 6) is 1.07. The zero-order chi connectivity index (χ0) is 16.2. The molecule has 0 saturated carbocycles. The lowest BCUT2D eigenvalue weighted by atomic mass is 10.1. The molecule has 0 unspecified atom stereocenters. The van der Waals surface area contributed by atoms with Gasteiger partial charge >= 0.3 is 0 Å². The van der Waals surface area contributed by atoms with Crippen LogP contribution in [0.5, 0.6) is 0 Å². The van der Waals surface area contributed by atoms with Gasteiger partial charge in [-0.2, -0.15) is 4.98 Å². The van der Waals surface area contributed by atoms with Gasteiger partial charge < -0.3 is 9.84 Å². The Balaban J connectivity index is 1.65. The van der Waals surface area contributed by atoms with Gasteiger partial charge in [-0.05, 0) is 31.4 Å². The highest BCUT2D eigenvalue weighted by Crippen LogP contribution is 2.25. The van der Waals surface area contributed by atoms with E-state index in [4.69, 9.17) is 4.52 Å². The van der Waals surface area contributed by atoms with E-state index in [-0.39, 0.29) is 17.0 Å². The van der Waals surface area contributed by atoms with Gasteiger partial charge in [-0.25, -0.2) is 4.39 Å². The lowest BCUT2D eigenvalue weighted by molar-refractivity contribution is -0.120. The summed E-state index contributed by atoms with van der Waals surface area (Å²) in [6, 6.07) is 4.85. The molecule has 0 aliphatic carbocycles. The molecular formula is C16H18FN3O2S. The maximum absolute atomic E-state index is 13.6. The number of hydrogen-bond acceptors (Lipinski definition) is 5. The van der Waals surface area contributed by atoms with Crippen molar-refractivity contribution >= 4 is 17.7 Å². The Morgan fingerprint density at radius 3 is 3.13 bits per heavy atom. The average Bonchev–Trinajstić information content (AvgIpc) is 2.92. The molecule has 2 aromatic rings. The second-order valence-corrected chi connectivity index (χ2v) is 6.75. The highest BCUT2D eigenvalue weighted by Gasteiger charge is 2.22. The number of carbonyl (C=O) groups excluding carboxylic acids is 1. The molecule has 0 spiro atoms. The van der Waals surface area contributed by atoms with Crippen molar-refractivity contribution in [2.24, 2.45) is 0 Å². The molecule has 0 radical (unpaired) electrons. The number of hydrogen-bond donors (Lipinski definition) is 1. The first-order chi connectivity index (χ1) is 11.1. The molecule has 3 rings (SSSR count). The molecule has 23 heavy (non-hydrogen) atoms. The van der Waals surface area contributed by atoms with Gasteiger partial charge in [0.15, 0.2) is 0 Å². The van der Waals surface area contributed by atoms with E-state index in [9.17, 15) is 9.18 Å². The predicted octanol–water partition coefficient (Wildman–Crippen LogP) is 3.09. The molecule has 7 heteroatoms. The predicted molar refractivity (Wildman–Crippen MR) is 86.4 cm³/mol. The Morgan fingerprint density at radius 2 is 2.30 bits per heavy atom. The number of carbonyl (C=O) groups is 1. The fourth-order valence-corrected chi connectivity index (χ4v) is 3.43. The quantitative estimate of drug-likeness (QED) is 0.930. The van der Waals surface area contributed by atoms with Gasteiger partial charge in [0.2, 0.25) is 17.6 Å². The van der Waals surface area contributed by atoms with Gasteiger partial charge in [-0.3, -0.25) is 4.79 Å². The normalized spacial score (nSPS) is 18.5. The third-order valence-electron chi connectivity index (χ3n) is 3.79. The number of thioether (sulfide) groups is 1. The monoisotopic (exact) mass is 335 g/mol. The maximum Gasteiger partial charge on any atom is 0.236 e. The second-order valence-electron chi connectivity index (χ2n) is 5.56. The topological polar surface area (TPSA) is 68.0 Å². The van der Waals surface area contributed by atoms with E-state index in [1.165, 1.54) is 17.8 Å². The number of aromatic nitrogens is 2. The first-order valence-corrected chi connectivity index (χ1v) is 8.67. The van der Waals surface area contributed by atoms with Crippen molar-refractivity contribution in [2.75, 3.05) is 6.54 Å². The van der Waals surface area contributed by atoms with E-state index in [0.29, 0.717) is 28.6 Å². The third-order valence-corrected chi connectivity index (χ3v) is 5.06. The van der Waals surface area contributed by atoms with E-state index in [1.807, 2.05) is 0 Å². The SMILES string of the molecule is Cc1ccc(-c2noc(CS[C@@H]3CCCCNC3=O)n2)cc1F. The largest absolute Gasteiger partial charge is 0.355 e. The number of benzene rings is 1. The number of nitrogens with zero attached hydrogens (tertiary/aromatic N) is 2. The smallest absolute Gasteiger partial charge is 0.236 e. The summed E-state index contributed by atoms with van der Waals surface area (Å²) < 4.78 is 18.8. The van der Waals surface area contributed by atoms with Gasteiger partial charge in [0.25, 0.3) is 0 Å². The molecule has 2 heterocycles. The van der Waals surface area contributed by atoms with Gasteiger partial charge in [0.05, 0.1) is 11.0 Å². The fourth-order valence-electron chi connectivity index (χ4n) is 2.40.